The van der Waals surface area contributed by atoms with Crippen LogP contribution < -0.4 is 10.2 Å². The lowest BCUT2D eigenvalue weighted by atomic mass is 9.88. The van der Waals surface area contributed by atoms with Crippen molar-refractivity contribution in [3.63, 3.8) is 0 Å². The van der Waals surface area contributed by atoms with Crippen LogP contribution in [0.3, 0.4) is 0 Å². The fraction of sp³-hybridized carbons (Fsp3) is 0.250. The van der Waals surface area contributed by atoms with Gasteiger partial charge in [0.2, 0.25) is 11.8 Å². The SMILES string of the molecule is CN1C(=O)C[C@H](C(=O)N[C@@H](CC(=O)O)c2ccc(F)cc2)c2ccccc21. The van der Waals surface area contributed by atoms with E-state index >= 15 is 0 Å². The van der Waals surface area contributed by atoms with E-state index in [4.69, 9.17) is 0 Å². The molecule has 2 aromatic rings. The molecule has 0 aromatic heterocycles. The third kappa shape index (κ3) is 3.97. The number of carbonyl (C=O) groups is 3. The van der Waals surface area contributed by atoms with Crippen LogP contribution in [-0.2, 0) is 14.4 Å². The van der Waals surface area contributed by atoms with Crippen molar-refractivity contribution >= 4 is 23.5 Å². The highest BCUT2D eigenvalue weighted by atomic mass is 19.1. The quantitative estimate of drug-likeness (QED) is 0.847. The van der Waals surface area contributed by atoms with Crippen molar-refractivity contribution < 1.29 is 23.9 Å². The zero-order valence-electron chi connectivity index (χ0n) is 14.7. The van der Waals surface area contributed by atoms with Gasteiger partial charge in [0.25, 0.3) is 0 Å². The van der Waals surface area contributed by atoms with E-state index in [2.05, 4.69) is 5.32 Å². The van der Waals surface area contributed by atoms with E-state index in [1.807, 2.05) is 0 Å². The molecule has 0 unspecified atom stereocenters. The second-order valence-electron chi connectivity index (χ2n) is 6.48. The Labute approximate surface area is 155 Å². The summed E-state index contributed by atoms with van der Waals surface area (Å²) in [7, 11) is 1.65. The predicted molar refractivity (Wildman–Crippen MR) is 96.7 cm³/mol. The zero-order valence-corrected chi connectivity index (χ0v) is 14.7. The van der Waals surface area contributed by atoms with E-state index < -0.39 is 29.7 Å². The van der Waals surface area contributed by atoms with E-state index in [1.165, 1.54) is 29.2 Å². The molecule has 0 spiro atoms. The zero-order chi connectivity index (χ0) is 19.6. The Bertz CT molecular complexity index is 882. The maximum Gasteiger partial charge on any atom is 0.305 e. The number of fused-ring (bicyclic) bond motifs is 1. The minimum absolute atomic E-state index is 0.00254. The van der Waals surface area contributed by atoms with Crippen LogP contribution in [0.2, 0.25) is 0 Å². The third-order valence-corrected chi connectivity index (χ3v) is 4.71. The van der Waals surface area contributed by atoms with Gasteiger partial charge in [-0.05, 0) is 29.3 Å². The maximum atomic E-state index is 13.2. The van der Waals surface area contributed by atoms with E-state index in [0.717, 1.165) is 0 Å². The lowest BCUT2D eigenvalue weighted by Crippen LogP contribution is -2.40. The summed E-state index contributed by atoms with van der Waals surface area (Å²) in [5, 5.41) is 11.9. The number of rotatable bonds is 5. The lowest BCUT2D eigenvalue weighted by Gasteiger charge is -2.31. The van der Waals surface area contributed by atoms with E-state index in [1.54, 1.807) is 31.3 Å². The number of carbonyl (C=O) groups excluding carboxylic acids is 2. The van der Waals surface area contributed by atoms with Crippen LogP contribution in [0, 0.1) is 5.82 Å². The van der Waals surface area contributed by atoms with Crippen LogP contribution in [0.4, 0.5) is 10.1 Å². The smallest absolute Gasteiger partial charge is 0.305 e. The standard InChI is InChI=1S/C20H19FN2O4/c1-23-17-5-3-2-4-14(17)15(10-18(23)24)20(27)22-16(11-19(25)26)12-6-8-13(21)9-7-12/h2-9,15-16H,10-11H2,1H3,(H,22,27)(H,25,26)/t15-,16-/m0/s1. The molecule has 0 fully saturated rings. The molecule has 2 aromatic carbocycles. The molecule has 27 heavy (non-hydrogen) atoms. The van der Waals surface area contributed by atoms with Crippen molar-refractivity contribution in [1.82, 2.24) is 5.32 Å². The number of nitrogens with one attached hydrogen (secondary N) is 1. The second-order valence-corrected chi connectivity index (χ2v) is 6.48. The lowest BCUT2D eigenvalue weighted by molar-refractivity contribution is -0.138. The monoisotopic (exact) mass is 370 g/mol. The summed E-state index contributed by atoms with van der Waals surface area (Å²) >= 11 is 0. The van der Waals surface area contributed by atoms with Crippen LogP contribution >= 0.6 is 0 Å². The number of carboxylic acid groups (broad SMARTS) is 1. The van der Waals surface area contributed by atoms with Crippen LogP contribution in [0.1, 0.15) is 35.9 Å². The van der Waals surface area contributed by atoms with Gasteiger partial charge in [-0.3, -0.25) is 14.4 Å². The average molecular weight is 370 g/mol. The first-order valence-corrected chi connectivity index (χ1v) is 8.50. The van der Waals surface area contributed by atoms with Crippen LogP contribution in [-0.4, -0.2) is 29.9 Å². The van der Waals surface area contributed by atoms with Gasteiger partial charge in [-0.15, -0.1) is 0 Å². The third-order valence-electron chi connectivity index (χ3n) is 4.71. The van der Waals surface area contributed by atoms with Gasteiger partial charge in [0.05, 0.1) is 18.4 Å². The van der Waals surface area contributed by atoms with Gasteiger partial charge in [0.15, 0.2) is 0 Å². The Hall–Kier alpha value is -3.22. The summed E-state index contributed by atoms with van der Waals surface area (Å²) in [6.07, 6.45) is -0.345. The van der Waals surface area contributed by atoms with E-state index in [-0.39, 0.29) is 18.7 Å². The molecule has 0 bridgehead atoms. The van der Waals surface area contributed by atoms with Gasteiger partial charge >= 0.3 is 5.97 Å². The minimum atomic E-state index is -1.09. The first kappa shape index (κ1) is 18.6. The number of hydrogen-bond acceptors (Lipinski definition) is 3. The summed E-state index contributed by atoms with van der Waals surface area (Å²) in [4.78, 5) is 37.9. The van der Waals surface area contributed by atoms with Gasteiger partial charge < -0.3 is 15.3 Å². The van der Waals surface area contributed by atoms with Crippen molar-refractivity contribution in [2.24, 2.45) is 0 Å². The Morgan fingerprint density at radius 1 is 1.22 bits per heavy atom. The fourth-order valence-electron chi connectivity index (χ4n) is 3.27. The highest BCUT2D eigenvalue weighted by Crippen LogP contribution is 2.35. The van der Waals surface area contributed by atoms with Crippen LogP contribution in [0.25, 0.3) is 0 Å². The summed E-state index contributed by atoms with van der Waals surface area (Å²) in [6, 6.07) is 11.6. The van der Waals surface area contributed by atoms with Crippen molar-refractivity contribution in [2.45, 2.75) is 24.8 Å². The molecule has 3 rings (SSSR count). The molecular weight excluding hydrogens is 351 g/mol. The molecule has 6 nitrogen and oxygen atoms in total. The van der Waals surface area contributed by atoms with Crippen LogP contribution in [0.5, 0.6) is 0 Å². The molecule has 140 valence electrons. The number of nitrogens with zero attached hydrogens (tertiary/aromatic N) is 1. The number of aliphatic carboxylic acids is 1. The van der Waals surface area contributed by atoms with Crippen molar-refractivity contribution in [1.29, 1.82) is 0 Å². The Morgan fingerprint density at radius 3 is 2.56 bits per heavy atom. The average Bonchev–Trinajstić information content (AvgIpc) is 2.64. The topological polar surface area (TPSA) is 86.7 Å². The van der Waals surface area contributed by atoms with Gasteiger partial charge in [0.1, 0.15) is 5.82 Å². The Balaban J connectivity index is 1.87. The molecule has 1 aliphatic heterocycles. The van der Waals surface area contributed by atoms with Gasteiger partial charge in [-0.1, -0.05) is 30.3 Å². The highest BCUT2D eigenvalue weighted by molar-refractivity contribution is 6.02. The number of carboxylic acids is 1. The molecule has 2 N–H and O–H groups in total. The molecule has 1 aliphatic rings. The molecule has 2 atom stereocenters. The number of para-hydroxylation sites is 1. The number of amides is 2. The maximum absolute atomic E-state index is 13.2. The number of anilines is 1. The van der Waals surface area contributed by atoms with Crippen molar-refractivity contribution in [3.8, 4) is 0 Å². The Kier molecular flexibility index (Phi) is 5.21. The Morgan fingerprint density at radius 2 is 1.89 bits per heavy atom. The number of benzene rings is 2. The summed E-state index contributed by atoms with van der Waals surface area (Å²) in [5.74, 6) is -2.87. The van der Waals surface area contributed by atoms with Gasteiger partial charge in [-0.25, -0.2) is 4.39 Å². The molecule has 0 saturated heterocycles. The van der Waals surface area contributed by atoms with Gasteiger partial charge in [-0.2, -0.15) is 0 Å². The number of hydrogen-bond donors (Lipinski definition) is 2. The first-order valence-electron chi connectivity index (χ1n) is 8.50. The second kappa shape index (κ2) is 7.57. The summed E-state index contributed by atoms with van der Waals surface area (Å²) < 4.78 is 13.2. The molecule has 0 saturated carbocycles. The normalized spacial score (nSPS) is 17.2. The van der Waals surface area contributed by atoms with Crippen molar-refractivity contribution in [3.05, 3.63) is 65.5 Å². The largest absolute Gasteiger partial charge is 0.481 e. The molecule has 1 heterocycles. The summed E-state index contributed by atoms with van der Waals surface area (Å²) in [5.41, 5.74) is 1.86. The molecule has 7 heteroatoms. The van der Waals surface area contributed by atoms with E-state index in [9.17, 15) is 23.9 Å². The predicted octanol–water partition coefficient (Wildman–Crippen LogP) is 2.61. The highest BCUT2D eigenvalue weighted by Gasteiger charge is 2.34. The van der Waals surface area contributed by atoms with E-state index in [0.29, 0.717) is 16.8 Å². The summed E-state index contributed by atoms with van der Waals surface area (Å²) in [6.45, 7) is 0. The first-order chi connectivity index (χ1) is 12.9. The minimum Gasteiger partial charge on any atom is -0.481 e. The van der Waals surface area contributed by atoms with Crippen molar-refractivity contribution in [2.75, 3.05) is 11.9 Å². The molecule has 0 aliphatic carbocycles. The molecule has 0 radical (unpaired) electrons. The molecule has 2 amide bonds. The van der Waals surface area contributed by atoms with Crippen LogP contribution in [0.15, 0.2) is 48.5 Å². The fourth-order valence-corrected chi connectivity index (χ4v) is 3.27. The van der Waals surface area contributed by atoms with Gasteiger partial charge in [0, 0.05) is 19.2 Å². The number of halogens is 1. The molecular formula is C20H19FN2O4.